The third-order valence-corrected chi connectivity index (χ3v) is 3.29. The summed E-state index contributed by atoms with van der Waals surface area (Å²) in [6.07, 6.45) is 5.94. The maximum Gasteiger partial charge on any atom is 0.0346 e. The van der Waals surface area contributed by atoms with E-state index in [4.69, 9.17) is 6.42 Å². The van der Waals surface area contributed by atoms with Crippen molar-refractivity contribution in [2.75, 3.05) is 11.9 Å². The molecular weight excluding hydrogens is 238 g/mol. The van der Waals surface area contributed by atoms with Crippen molar-refractivity contribution in [3.05, 3.63) is 27.7 Å². The van der Waals surface area contributed by atoms with E-state index in [0.29, 0.717) is 0 Å². The van der Waals surface area contributed by atoms with Crippen LogP contribution in [-0.2, 0) is 0 Å². The molecule has 0 aromatic heterocycles. The first kappa shape index (κ1) is 11.1. The lowest BCUT2D eigenvalue weighted by Crippen LogP contribution is -2.01. The van der Waals surface area contributed by atoms with E-state index in [9.17, 15) is 0 Å². The summed E-state index contributed by atoms with van der Waals surface area (Å²) in [7, 11) is 0. The molecule has 0 amide bonds. The summed E-state index contributed by atoms with van der Waals surface area (Å²) < 4.78 is 1.18. The Morgan fingerprint density at radius 2 is 1.93 bits per heavy atom. The van der Waals surface area contributed by atoms with Crippen LogP contribution in [0.4, 0.5) is 5.69 Å². The monoisotopic (exact) mass is 251 g/mol. The topological polar surface area (TPSA) is 12.0 Å². The highest BCUT2D eigenvalue weighted by molar-refractivity contribution is 9.10. The van der Waals surface area contributed by atoms with Gasteiger partial charge in [0.1, 0.15) is 0 Å². The summed E-state index contributed by atoms with van der Waals surface area (Å²) in [4.78, 5) is 0. The molecule has 0 aliphatic heterocycles. The molecule has 14 heavy (non-hydrogen) atoms. The van der Waals surface area contributed by atoms with Gasteiger partial charge in [0.05, 0.1) is 0 Å². The molecule has 0 fully saturated rings. The second kappa shape index (κ2) is 5.07. The second-order valence-electron chi connectivity index (χ2n) is 3.30. The Hall–Kier alpha value is -0.940. The molecule has 74 valence electrons. The van der Waals surface area contributed by atoms with Gasteiger partial charge in [0.25, 0.3) is 0 Å². The van der Waals surface area contributed by atoms with Gasteiger partial charge in [0, 0.05) is 23.1 Å². The fourth-order valence-corrected chi connectivity index (χ4v) is 1.56. The zero-order valence-electron chi connectivity index (χ0n) is 8.52. The van der Waals surface area contributed by atoms with E-state index in [0.717, 1.165) is 18.7 Å². The molecule has 1 aromatic carbocycles. The number of rotatable bonds is 3. The Morgan fingerprint density at radius 1 is 1.36 bits per heavy atom. The van der Waals surface area contributed by atoms with Gasteiger partial charge >= 0.3 is 0 Å². The lowest BCUT2D eigenvalue weighted by Gasteiger charge is -2.09. The van der Waals surface area contributed by atoms with E-state index in [1.54, 1.807) is 0 Å². The van der Waals surface area contributed by atoms with Gasteiger partial charge in [0.2, 0.25) is 0 Å². The summed E-state index contributed by atoms with van der Waals surface area (Å²) in [5.41, 5.74) is 3.62. The van der Waals surface area contributed by atoms with Gasteiger partial charge in [-0.2, -0.15) is 0 Å². The van der Waals surface area contributed by atoms with E-state index in [1.807, 2.05) is 0 Å². The first-order chi connectivity index (χ1) is 6.65. The van der Waals surface area contributed by atoms with Crippen LogP contribution in [0, 0.1) is 26.2 Å². The summed E-state index contributed by atoms with van der Waals surface area (Å²) in [6.45, 7) is 5.00. The summed E-state index contributed by atoms with van der Waals surface area (Å²) >= 11 is 3.53. The molecule has 0 aliphatic rings. The Morgan fingerprint density at radius 3 is 2.43 bits per heavy atom. The van der Waals surface area contributed by atoms with Crippen LogP contribution in [0.5, 0.6) is 0 Å². The summed E-state index contributed by atoms with van der Waals surface area (Å²) in [5.74, 6) is 2.61. The average Bonchev–Trinajstić information content (AvgIpc) is 2.14. The minimum absolute atomic E-state index is 0.758. The van der Waals surface area contributed by atoms with Crippen LogP contribution in [0.15, 0.2) is 16.6 Å². The predicted molar refractivity (Wildman–Crippen MR) is 65.6 cm³/mol. The molecule has 0 aliphatic carbocycles. The van der Waals surface area contributed by atoms with Crippen molar-refractivity contribution in [3.8, 4) is 12.3 Å². The zero-order valence-corrected chi connectivity index (χ0v) is 10.1. The van der Waals surface area contributed by atoms with Crippen molar-refractivity contribution in [2.24, 2.45) is 0 Å². The van der Waals surface area contributed by atoms with Crippen LogP contribution < -0.4 is 5.32 Å². The number of hydrogen-bond acceptors (Lipinski definition) is 1. The van der Waals surface area contributed by atoms with Gasteiger partial charge in [-0.1, -0.05) is 15.9 Å². The maximum atomic E-state index is 5.18. The maximum absolute atomic E-state index is 5.18. The molecule has 0 radical (unpaired) electrons. The highest BCUT2D eigenvalue weighted by Crippen LogP contribution is 2.24. The smallest absolute Gasteiger partial charge is 0.0346 e. The van der Waals surface area contributed by atoms with Crippen molar-refractivity contribution in [1.29, 1.82) is 0 Å². The van der Waals surface area contributed by atoms with Gasteiger partial charge in [-0.15, -0.1) is 12.3 Å². The number of hydrogen-bond donors (Lipinski definition) is 1. The molecule has 2 heteroatoms. The highest BCUT2D eigenvalue weighted by Gasteiger charge is 2.01. The van der Waals surface area contributed by atoms with Crippen LogP contribution in [0.3, 0.4) is 0 Å². The first-order valence-electron chi connectivity index (χ1n) is 4.59. The van der Waals surface area contributed by atoms with Crippen LogP contribution in [-0.4, -0.2) is 6.54 Å². The van der Waals surface area contributed by atoms with Crippen molar-refractivity contribution in [3.63, 3.8) is 0 Å². The number of benzene rings is 1. The average molecular weight is 252 g/mol. The number of nitrogens with one attached hydrogen (secondary N) is 1. The fraction of sp³-hybridized carbons (Fsp3) is 0.333. The molecule has 0 bridgehead atoms. The minimum atomic E-state index is 0.758. The van der Waals surface area contributed by atoms with Crippen molar-refractivity contribution in [1.82, 2.24) is 0 Å². The van der Waals surface area contributed by atoms with E-state index in [1.165, 1.54) is 15.6 Å². The molecule has 0 unspecified atom stereocenters. The van der Waals surface area contributed by atoms with Gasteiger partial charge in [-0.25, -0.2) is 0 Å². The van der Waals surface area contributed by atoms with Crippen LogP contribution in [0.25, 0.3) is 0 Å². The number of aryl methyl sites for hydroxylation is 2. The summed E-state index contributed by atoms with van der Waals surface area (Å²) in [5, 5.41) is 3.29. The standard InChI is InChI=1S/C12H14BrN/c1-4-5-6-14-11-7-9(2)12(13)10(3)8-11/h1,7-8,14H,5-6H2,2-3H3. The lowest BCUT2D eigenvalue weighted by molar-refractivity contribution is 1.09. The predicted octanol–water partition coefficient (Wildman–Crippen LogP) is 3.50. The van der Waals surface area contributed by atoms with E-state index in [2.05, 4.69) is 53.1 Å². The van der Waals surface area contributed by atoms with Crippen LogP contribution >= 0.6 is 15.9 Å². The Balaban J connectivity index is 2.75. The number of anilines is 1. The second-order valence-corrected chi connectivity index (χ2v) is 4.10. The third kappa shape index (κ3) is 2.78. The summed E-state index contributed by atoms with van der Waals surface area (Å²) in [6, 6.07) is 4.24. The van der Waals surface area contributed by atoms with Crippen LogP contribution in [0.2, 0.25) is 0 Å². The molecule has 1 rings (SSSR count). The Labute approximate surface area is 94.0 Å². The molecule has 0 saturated heterocycles. The van der Waals surface area contributed by atoms with E-state index >= 15 is 0 Å². The van der Waals surface area contributed by atoms with Crippen molar-refractivity contribution < 1.29 is 0 Å². The molecule has 0 saturated carbocycles. The van der Waals surface area contributed by atoms with Gasteiger partial charge < -0.3 is 5.32 Å². The van der Waals surface area contributed by atoms with E-state index < -0.39 is 0 Å². The molecule has 1 aromatic rings. The van der Waals surface area contributed by atoms with E-state index in [-0.39, 0.29) is 0 Å². The molecule has 0 spiro atoms. The third-order valence-electron chi connectivity index (χ3n) is 2.03. The Kier molecular flexibility index (Phi) is 4.03. The van der Waals surface area contributed by atoms with Gasteiger partial charge in [0.15, 0.2) is 0 Å². The zero-order chi connectivity index (χ0) is 10.6. The minimum Gasteiger partial charge on any atom is -0.384 e. The normalized spacial score (nSPS) is 9.57. The SMILES string of the molecule is C#CCCNc1cc(C)c(Br)c(C)c1. The highest BCUT2D eigenvalue weighted by atomic mass is 79.9. The molecule has 0 heterocycles. The van der Waals surface area contributed by atoms with Crippen molar-refractivity contribution >= 4 is 21.6 Å². The molecule has 1 nitrogen and oxygen atoms in total. The first-order valence-corrected chi connectivity index (χ1v) is 5.38. The largest absolute Gasteiger partial charge is 0.384 e. The molecule has 1 N–H and O–H groups in total. The number of terminal acetylenes is 1. The quantitative estimate of drug-likeness (QED) is 0.641. The lowest BCUT2D eigenvalue weighted by atomic mass is 10.1. The fourth-order valence-electron chi connectivity index (χ4n) is 1.33. The van der Waals surface area contributed by atoms with Gasteiger partial charge in [-0.3, -0.25) is 0 Å². The van der Waals surface area contributed by atoms with Gasteiger partial charge in [-0.05, 0) is 37.1 Å². The Bertz CT molecular complexity index is 340. The molecular formula is C12H14BrN. The van der Waals surface area contributed by atoms with Crippen LogP contribution in [0.1, 0.15) is 17.5 Å². The molecule has 0 atom stereocenters. The number of halogens is 1. The van der Waals surface area contributed by atoms with Crippen molar-refractivity contribution in [2.45, 2.75) is 20.3 Å².